The van der Waals surface area contributed by atoms with Gasteiger partial charge in [0.15, 0.2) is 0 Å². The van der Waals surface area contributed by atoms with Crippen LogP contribution in [-0.2, 0) is 10.0 Å². The molecule has 0 unspecified atom stereocenters. The van der Waals surface area contributed by atoms with Crippen LogP contribution >= 0.6 is 11.8 Å². The molecule has 1 fully saturated rings. The number of pyridine rings is 1. The molecule has 106 valence electrons. The quantitative estimate of drug-likeness (QED) is 0.599. The maximum atomic E-state index is 12.3. The lowest BCUT2D eigenvalue weighted by atomic mass is 10.4. The Morgan fingerprint density at radius 2 is 2.05 bits per heavy atom. The summed E-state index contributed by atoms with van der Waals surface area (Å²) in [5.41, 5.74) is 0. The monoisotopic (exact) mass is 300 g/mol. The fourth-order valence-corrected chi connectivity index (χ4v) is 4.40. The fraction of sp³-hybridized carbons (Fsp3) is 0.615. The summed E-state index contributed by atoms with van der Waals surface area (Å²) in [6, 6.07) is 3.48. The third-order valence-corrected chi connectivity index (χ3v) is 6.07. The van der Waals surface area contributed by atoms with Crippen molar-refractivity contribution in [1.82, 2.24) is 9.29 Å². The van der Waals surface area contributed by atoms with Gasteiger partial charge in [-0.05, 0) is 37.1 Å². The number of hydrogen-bond acceptors (Lipinski definition) is 4. The molecule has 1 aromatic rings. The van der Waals surface area contributed by atoms with Crippen LogP contribution in [0.2, 0.25) is 0 Å². The van der Waals surface area contributed by atoms with Crippen molar-refractivity contribution in [2.24, 2.45) is 0 Å². The number of sulfonamides is 1. The molecule has 0 radical (unpaired) electrons. The second-order valence-electron chi connectivity index (χ2n) is 4.65. The largest absolute Gasteiger partial charge is 0.249 e. The van der Waals surface area contributed by atoms with E-state index in [1.807, 2.05) is 6.07 Å². The van der Waals surface area contributed by atoms with E-state index in [9.17, 15) is 8.42 Å². The lowest BCUT2D eigenvalue weighted by molar-refractivity contribution is 0.477. The maximum Gasteiger partial charge on any atom is 0.244 e. The Bertz CT molecular complexity index is 494. The Hall–Kier alpha value is -0.590. The van der Waals surface area contributed by atoms with Crippen LogP contribution in [0.15, 0.2) is 28.3 Å². The van der Waals surface area contributed by atoms with Gasteiger partial charge >= 0.3 is 0 Å². The first kappa shape index (κ1) is 14.8. The van der Waals surface area contributed by atoms with Crippen LogP contribution in [0.3, 0.4) is 0 Å². The van der Waals surface area contributed by atoms with E-state index < -0.39 is 10.0 Å². The average molecular weight is 300 g/mol. The lowest BCUT2D eigenvalue weighted by Gasteiger charge is -2.15. The zero-order valence-electron chi connectivity index (χ0n) is 11.2. The van der Waals surface area contributed by atoms with Gasteiger partial charge in [0.1, 0.15) is 4.90 Å². The van der Waals surface area contributed by atoms with E-state index in [-0.39, 0.29) is 0 Å². The summed E-state index contributed by atoms with van der Waals surface area (Å²) in [4.78, 5) is 4.56. The van der Waals surface area contributed by atoms with Crippen LogP contribution in [0.1, 0.15) is 32.6 Å². The second kappa shape index (κ2) is 6.72. The fourth-order valence-electron chi connectivity index (χ4n) is 2.00. The number of aromatic nitrogens is 1. The molecule has 2 heterocycles. The highest BCUT2D eigenvalue weighted by Gasteiger charge is 2.27. The Kier molecular flexibility index (Phi) is 5.24. The highest BCUT2D eigenvalue weighted by Crippen LogP contribution is 2.22. The highest BCUT2D eigenvalue weighted by molar-refractivity contribution is 7.99. The first-order valence-corrected chi connectivity index (χ1v) is 9.16. The third-order valence-electron chi connectivity index (χ3n) is 3.16. The minimum atomic E-state index is -3.32. The van der Waals surface area contributed by atoms with Crippen molar-refractivity contribution in [2.45, 2.75) is 42.5 Å². The molecule has 0 aliphatic carbocycles. The normalized spacial score (nSPS) is 16.9. The SMILES string of the molecule is CCCCSc1ccc(S(=O)(=O)N2CCCC2)cn1. The van der Waals surface area contributed by atoms with E-state index in [1.54, 1.807) is 22.1 Å². The molecule has 0 saturated carbocycles. The first-order valence-electron chi connectivity index (χ1n) is 6.73. The molecule has 1 saturated heterocycles. The van der Waals surface area contributed by atoms with E-state index in [0.29, 0.717) is 18.0 Å². The highest BCUT2D eigenvalue weighted by atomic mass is 32.2. The number of thioether (sulfide) groups is 1. The van der Waals surface area contributed by atoms with Gasteiger partial charge in [-0.15, -0.1) is 11.8 Å². The van der Waals surface area contributed by atoms with Crippen molar-refractivity contribution in [3.63, 3.8) is 0 Å². The summed E-state index contributed by atoms with van der Waals surface area (Å²) < 4.78 is 26.1. The summed E-state index contributed by atoms with van der Waals surface area (Å²) in [7, 11) is -3.32. The predicted molar refractivity (Wildman–Crippen MR) is 77.9 cm³/mol. The molecule has 0 amide bonds. The molecule has 0 spiro atoms. The minimum absolute atomic E-state index is 0.314. The molecule has 0 N–H and O–H groups in total. The van der Waals surface area contributed by atoms with Gasteiger partial charge < -0.3 is 0 Å². The van der Waals surface area contributed by atoms with Crippen molar-refractivity contribution >= 4 is 21.8 Å². The molecule has 0 atom stereocenters. The van der Waals surface area contributed by atoms with Gasteiger partial charge in [-0.1, -0.05) is 13.3 Å². The zero-order valence-corrected chi connectivity index (χ0v) is 12.8. The van der Waals surface area contributed by atoms with Crippen LogP contribution in [0.5, 0.6) is 0 Å². The number of unbranched alkanes of at least 4 members (excludes halogenated alkanes) is 1. The molecule has 1 aromatic heterocycles. The number of hydrogen-bond donors (Lipinski definition) is 0. The van der Waals surface area contributed by atoms with Crippen molar-refractivity contribution in [3.05, 3.63) is 18.3 Å². The van der Waals surface area contributed by atoms with E-state index in [0.717, 1.165) is 36.5 Å². The Balaban J connectivity index is 2.05. The predicted octanol–water partition coefficient (Wildman–Crippen LogP) is 2.76. The van der Waals surface area contributed by atoms with Gasteiger partial charge in [-0.3, -0.25) is 0 Å². The molecule has 2 rings (SSSR count). The average Bonchev–Trinajstić information content (AvgIpc) is 2.94. The topological polar surface area (TPSA) is 50.3 Å². The van der Waals surface area contributed by atoms with E-state index in [4.69, 9.17) is 0 Å². The van der Waals surface area contributed by atoms with Gasteiger partial charge in [0.05, 0.1) is 5.03 Å². The molecule has 19 heavy (non-hydrogen) atoms. The molecule has 1 aliphatic heterocycles. The lowest BCUT2D eigenvalue weighted by Crippen LogP contribution is -2.27. The van der Waals surface area contributed by atoms with Crippen molar-refractivity contribution in [2.75, 3.05) is 18.8 Å². The molecule has 6 heteroatoms. The Morgan fingerprint density at radius 3 is 2.63 bits per heavy atom. The van der Waals surface area contributed by atoms with Crippen LogP contribution < -0.4 is 0 Å². The molecule has 0 aromatic carbocycles. The summed E-state index contributed by atoms with van der Waals surface area (Å²) in [6.07, 6.45) is 5.71. The van der Waals surface area contributed by atoms with Gasteiger partial charge in [0.25, 0.3) is 0 Å². The van der Waals surface area contributed by atoms with E-state index in [2.05, 4.69) is 11.9 Å². The van der Waals surface area contributed by atoms with Crippen LogP contribution in [0, 0.1) is 0 Å². The van der Waals surface area contributed by atoms with Crippen molar-refractivity contribution in [3.8, 4) is 0 Å². The Labute approximate surface area is 119 Å². The molecular weight excluding hydrogens is 280 g/mol. The summed E-state index contributed by atoms with van der Waals surface area (Å²) in [5.74, 6) is 1.03. The van der Waals surface area contributed by atoms with Crippen LogP contribution in [-0.4, -0.2) is 36.5 Å². The minimum Gasteiger partial charge on any atom is -0.249 e. The van der Waals surface area contributed by atoms with E-state index >= 15 is 0 Å². The van der Waals surface area contributed by atoms with Crippen molar-refractivity contribution in [1.29, 1.82) is 0 Å². The smallest absolute Gasteiger partial charge is 0.244 e. The van der Waals surface area contributed by atoms with Crippen molar-refractivity contribution < 1.29 is 8.42 Å². The van der Waals surface area contributed by atoms with Gasteiger partial charge in [0.2, 0.25) is 10.0 Å². The number of rotatable bonds is 6. The molecule has 1 aliphatic rings. The van der Waals surface area contributed by atoms with Crippen LogP contribution in [0.25, 0.3) is 0 Å². The summed E-state index contributed by atoms with van der Waals surface area (Å²) in [6.45, 7) is 3.42. The van der Waals surface area contributed by atoms with E-state index in [1.165, 1.54) is 6.20 Å². The molecule has 0 bridgehead atoms. The number of nitrogens with zero attached hydrogens (tertiary/aromatic N) is 2. The van der Waals surface area contributed by atoms with Gasteiger partial charge in [-0.2, -0.15) is 4.31 Å². The first-order chi connectivity index (χ1) is 9.14. The van der Waals surface area contributed by atoms with Crippen LogP contribution in [0.4, 0.5) is 0 Å². The molecular formula is C13H20N2O2S2. The summed E-state index contributed by atoms with van der Waals surface area (Å²) >= 11 is 1.68. The molecule has 4 nitrogen and oxygen atoms in total. The second-order valence-corrected chi connectivity index (χ2v) is 7.70. The van der Waals surface area contributed by atoms with Gasteiger partial charge in [0, 0.05) is 19.3 Å². The third kappa shape index (κ3) is 3.70. The summed E-state index contributed by atoms with van der Waals surface area (Å²) in [5, 5.41) is 0.897. The zero-order chi connectivity index (χ0) is 13.7. The Morgan fingerprint density at radius 1 is 1.32 bits per heavy atom. The maximum absolute atomic E-state index is 12.3. The standard InChI is InChI=1S/C13H20N2O2S2/c1-2-3-10-18-13-7-6-12(11-14-13)19(16,17)15-8-4-5-9-15/h6-7,11H,2-5,8-10H2,1H3. The van der Waals surface area contributed by atoms with Gasteiger partial charge in [-0.25, -0.2) is 13.4 Å².